The molecule has 0 aromatic heterocycles. The Morgan fingerprint density at radius 3 is 2.17 bits per heavy atom. The van der Waals surface area contributed by atoms with Gasteiger partial charge in [0.1, 0.15) is 10.5 Å². The first kappa shape index (κ1) is 26.4. The molecule has 1 heterocycles. The highest BCUT2D eigenvalue weighted by Crippen LogP contribution is 2.40. The van der Waals surface area contributed by atoms with Crippen molar-refractivity contribution < 1.29 is 19.4 Å². The van der Waals surface area contributed by atoms with Crippen molar-refractivity contribution in [3.8, 4) is 0 Å². The van der Waals surface area contributed by atoms with E-state index in [1.54, 1.807) is 32.5 Å². The highest BCUT2D eigenvalue weighted by molar-refractivity contribution is 8.00. The van der Waals surface area contributed by atoms with Gasteiger partial charge in [-0.15, -0.1) is 11.8 Å². The number of ether oxygens (including phenoxy) is 1. The summed E-state index contributed by atoms with van der Waals surface area (Å²) < 4.78 is 5.65. The molecule has 170 valence electrons. The zero-order chi connectivity index (χ0) is 22.5. The van der Waals surface area contributed by atoms with Gasteiger partial charge in [0.2, 0.25) is 5.91 Å². The zero-order valence-corrected chi connectivity index (χ0v) is 20.7. The fourth-order valence-corrected chi connectivity index (χ4v) is 4.64. The van der Waals surface area contributed by atoms with Gasteiger partial charge in [0.25, 0.3) is 0 Å². The lowest BCUT2D eigenvalue weighted by Gasteiger charge is -2.32. The van der Waals surface area contributed by atoms with E-state index in [-0.39, 0.29) is 17.1 Å². The summed E-state index contributed by atoms with van der Waals surface area (Å²) in [5.74, 6) is 2.01. The van der Waals surface area contributed by atoms with Gasteiger partial charge in [-0.1, -0.05) is 27.2 Å². The minimum absolute atomic E-state index is 0.0346. The van der Waals surface area contributed by atoms with Gasteiger partial charge < -0.3 is 14.7 Å². The first-order chi connectivity index (χ1) is 13.1. The smallest absolute Gasteiger partial charge is 0.222 e. The Labute approximate surface area is 182 Å². The summed E-state index contributed by atoms with van der Waals surface area (Å²) in [6, 6.07) is 0. The summed E-state index contributed by atoms with van der Waals surface area (Å²) in [5.41, 5.74) is -0.579. The molecule has 0 bridgehead atoms. The van der Waals surface area contributed by atoms with Gasteiger partial charge in [-0.05, 0) is 64.7 Å². The molecule has 1 aliphatic rings. The standard InChI is InChI=1S/C23H43NO4S/c1-17(25)22(5,6)28-13-11-9-10-12-20(26)24-14-18(16-29-23(7,8)27)19(15-24)21(2,3)4/h18-19,27H,9-16H2,1-8H3. The van der Waals surface area contributed by atoms with Crippen LogP contribution in [0.3, 0.4) is 0 Å². The third kappa shape index (κ3) is 9.39. The summed E-state index contributed by atoms with van der Waals surface area (Å²) >= 11 is 1.57. The van der Waals surface area contributed by atoms with E-state index in [1.807, 2.05) is 18.7 Å². The van der Waals surface area contributed by atoms with Crippen LogP contribution < -0.4 is 0 Å². The van der Waals surface area contributed by atoms with E-state index in [0.717, 1.165) is 38.1 Å². The molecule has 6 heteroatoms. The fourth-order valence-electron chi connectivity index (χ4n) is 3.68. The summed E-state index contributed by atoms with van der Waals surface area (Å²) in [5, 5.41) is 10.1. The molecule has 2 unspecified atom stereocenters. The molecule has 0 spiro atoms. The molecule has 0 aromatic carbocycles. The molecule has 1 saturated heterocycles. The average molecular weight is 430 g/mol. The average Bonchev–Trinajstić information content (AvgIpc) is 3.00. The van der Waals surface area contributed by atoms with Crippen LogP contribution in [0.4, 0.5) is 0 Å². The number of aliphatic hydroxyl groups is 1. The Kier molecular flexibility index (Phi) is 9.69. The number of carbonyl (C=O) groups excluding carboxylic acids is 2. The predicted octanol–water partition coefficient (Wildman–Crippen LogP) is 4.51. The SMILES string of the molecule is CC(=O)C(C)(C)OCCCCCC(=O)N1CC(CSC(C)(C)O)C(C(C)(C)C)C1. The third-order valence-corrected chi connectivity index (χ3v) is 7.20. The predicted molar refractivity (Wildman–Crippen MR) is 121 cm³/mol. The van der Waals surface area contributed by atoms with E-state index in [2.05, 4.69) is 20.8 Å². The molecule has 2 atom stereocenters. The van der Waals surface area contributed by atoms with Gasteiger partial charge in [-0.3, -0.25) is 9.59 Å². The minimum atomic E-state index is -0.737. The first-order valence-electron chi connectivity index (χ1n) is 10.9. The van der Waals surface area contributed by atoms with E-state index in [0.29, 0.717) is 24.9 Å². The lowest BCUT2D eigenvalue weighted by Crippen LogP contribution is -2.33. The Bertz CT molecular complexity index is 548. The molecule has 5 nitrogen and oxygen atoms in total. The molecule has 1 aliphatic heterocycles. The minimum Gasteiger partial charge on any atom is -0.380 e. The van der Waals surface area contributed by atoms with E-state index in [1.165, 1.54) is 0 Å². The number of rotatable bonds is 11. The topological polar surface area (TPSA) is 66.8 Å². The van der Waals surface area contributed by atoms with Gasteiger partial charge in [-0.2, -0.15) is 0 Å². The maximum Gasteiger partial charge on any atom is 0.222 e. The Balaban J connectivity index is 2.43. The number of amides is 1. The van der Waals surface area contributed by atoms with Gasteiger partial charge in [0, 0.05) is 31.9 Å². The third-order valence-electron chi connectivity index (χ3n) is 5.90. The second kappa shape index (κ2) is 10.6. The Morgan fingerprint density at radius 1 is 1.03 bits per heavy atom. The van der Waals surface area contributed by atoms with Crippen LogP contribution in [0.25, 0.3) is 0 Å². The van der Waals surface area contributed by atoms with E-state index >= 15 is 0 Å². The van der Waals surface area contributed by atoms with Gasteiger partial charge in [-0.25, -0.2) is 0 Å². The zero-order valence-electron chi connectivity index (χ0n) is 19.8. The van der Waals surface area contributed by atoms with Crippen molar-refractivity contribution in [1.82, 2.24) is 4.90 Å². The van der Waals surface area contributed by atoms with Crippen molar-refractivity contribution in [1.29, 1.82) is 0 Å². The van der Waals surface area contributed by atoms with Crippen LogP contribution in [0.2, 0.25) is 0 Å². The van der Waals surface area contributed by atoms with Crippen LogP contribution in [0.15, 0.2) is 0 Å². The van der Waals surface area contributed by atoms with Crippen molar-refractivity contribution in [2.75, 3.05) is 25.4 Å². The largest absolute Gasteiger partial charge is 0.380 e. The number of hydrogen-bond acceptors (Lipinski definition) is 5. The second-order valence-electron chi connectivity index (χ2n) is 10.5. The molecule has 1 N–H and O–H groups in total. The van der Waals surface area contributed by atoms with E-state index in [9.17, 15) is 14.7 Å². The molecule has 1 fully saturated rings. The molecule has 0 aromatic rings. The number of ketones is 1. The summed E-state index contributed by atoms with van der Waals surface area (Å²) in [4.78, 5) is 25.5. The second-order valence-corrected chi connectivity index (χ2v) is 12.1. The molecular formula is C23H43NO4S. The number of thioether (sulfide) groups is 1. The van der Waals surface area contributed by atoms with Crippen LogP contribution in [0.5, 0.6) is 0 Å². The summed E-state index contributed by atoms with van der Waals surface area (Å²) in [7, 11) is 0. The van der Waals surface area contributed by atoms with Gasteiger partial charge in [0.05, 0.1) is 0 Å². The van der Waals surface area contributed by atoms with Crippen molar-refractivity contribution in [2.24, 2.45) is 17.3 Å². The number of hydrogen-bond donors (Lipinski definition) is 1. The van der Waals surface area contributed by atoms with Crippen LogP contribution in [0.1, 0.15) is 81.1 Å². The quantitative estimate of drug-likeness (QED) is 0.386. The number of unbranched alkanes of at least 4 members (excludes halogenated alkanes) is 2. The van der Waals surface area contributed by atoms with Crippen LogP contribution in [-0.4, -0.2) is 57.7 Å². The first-order valence-corrected chi connectivity index (χ1v) is 11.9. The molecule has 1 amide bonds. The molecule has 0 radical (unpaired) electrons. The highest BCUT2D eigenvalue weighted by Gasteiger charge is 2.41. The van der Waals surface area contributed by atoms with Crippen molar-refractivity contribution >= 4 is 23.5 Å². The summed E-state index contributed by atoms with van der Waals surface area (Å²) in [6.07, 6.45) is 3.20. The van der Waals surface area contributed by atoms with Gasteiger partial charge in [0.15, 0.2) is 5.78 Å². The maximum atomic E-state index is 12.7. The van der Waals surface area contributed by atoms with Crippen molar-refractivity contribution in [3.05, 3.63) is 0 Å². The fraction of sp³-hybridized carbons (Fsp3) is 0.913. The molecular weight excluding hydrogens is 386 g/mol. The van der Waals surface area contributed by atoms with E-state index in [4.69, 9.17) is 4.74 Å². The lowest BCUT2D eigenvalue weighted by atomic mass is 9.75. The lowest BCUT2D eigenvalue weighted by molar-refractivity contribution is -0.138. The normalized spacial score (nSPS) is 20.9. The number of Topliss-reactive ketones (excluding diaryl/α,β-unsaturated/α-hetero) is 1. The summed E-state index contributed by atoms with van der Waals surface area (Å²) in [6.45, 7) is 17.7. The molecule has 0 aliphatic carbocycles. The Morgan fingerprint density at radius 2 is 1.66 bits per heavy atom. The Hall–Kier alpha value is -0.590. The van der Waals surface area contributed by atoms with Crippen LogP contribution in [-0.2, 0) is 14.3 Å². The molecule has 1 rings (SSSR count). The highest BCUT2D eigenvalue weighted by atomic mass is 32.2. The molecule has 0 saturated carbocycles. The van der Waals surface area contributed by atoms with Crippen molar-refractivity contribution in [3.63, 3.8) is 0 Å². The molecule has 29 heavy (non-hydrogen) atoms. The van der Waals surface area contributed by atoms with Gasteiger partial charge >= 0.3 is 0 Å². The van der Waals surface area contributed by atoms with Crippen LogP contribution in [0, 0.1) is 17.3 Å². The monoisotopic (exact) mass is 429 g/mol. The number of likely N-dealkylation sites (tertiary alicyclic amines) is 1. The van der Waals surface area contributed by atoms with E-state index < -0.39 is 10.5 Å². The van der Waals surface area contributed by atoms with Crippen LogP contribution >= 0.6 is 11.8 Å². The number of nitrogens with zero attached hydrogens (tertiary/aromatic N) is 1. The van der Waals surface area contributed by atoms with Crippen molar-refractivity contribution in [2.45, 2.75) is 91.6 Å². The maximum absolute atomic E-state index is 12.7. The number of carbonyl (C=O) groups is 2.